The second-order valence-corrected chi connectivity index (χ2v) is 9.90. The average Bonchev–Trinajstić information content (AvgIpc) is 3.23. The van der Waals surface area contributed by atoms with Gasteiger partial charge in [0.05, 0.1) is 11.3 Å². The van der Waals surface area contributed by atoms with Crippen molar-refractivity contribution in [1.29, 1.82) is 0 Å². The van der Waals surface area contributed by atoms with Crippen LogP contribution in [0.3, 0.4) is 0 Å². The second-order valence-electron chi connectivity index (χ2n) is 8.98. The van der Waals surface area contributed by atoms with Crippen LogP contribution in [0.1, 0.15) is 40.5 Å². The number of thioether (sulfide) groups is 1. The molecule has 1 amide bonds. The van der Waals surface area contributed by atoms with E-state index in [1.165, 1.54) is 11.8 Å². The van der Waals surface area contributed by atoms with Gasteiger partial charge >= 0.3 is 0 Å². The molecule has 0 unspecified atom stereocenters. The van der Waals surface area contributed by atoms with Gasteiger partial charge in [0.25, 0.3) is 11.1 Å². The Labute approximate surface area is 186 Å². The summed E-state index contributed by atoms with van der Waals surface area (Å²) in [5, 5.41) is 16.4. The maximum Gasteiger partial charge on any atom is 0.277 e. The molecular formula is C21H28ClN5O2S. The minimum Gasteiger partial charge on any atom is -0.411 e. The Morgan fingerprint density at radius 3 is 2.63 bits per heavy atom. The van der Waals surface area contributed by atoms with E-state index < -0.39 is 0 Å². The first-order chi connectivity index (χ1) is 13.7. The third-order valence-electron chi connectivity index (χ3n) is 5.11. The molecule has 1 fully saturated rings. The molecule has 7 nitrogen and oxygen atoms in total. The quantitative estimate of drug-likeness (QED) is 0.506. The van der Waals surface area contributed by atoms with Crippen molar-refractivity contribution in [2.75, 3.05) is 5.75 Å². The summed E-state index contributed by atoms with van der Waals surface area (Å²) in [6.07, 6.45) is 3.66. The summed E-state index contributed by atoms with van der Waals surface area (Å²) in [6, 6.07) is 8.10. The van der Waals surface area contributed by atoms with E-state index in [0.717, 1.165) is 29.3 Å². The van der Waals surface area contributed by atoms with E-state index in [0.29, 0.717) is 11.1 Å². The molecule has 3 aromatic rings. The molecule has 2 aromatic heterocycles. The fourth-order valence-corrected chi connectivity index (χ4v) is 5.02. The third-order valence-corrected chi connectivity index (χ3v) is 5.93. The van der Waals surface area contributed by atoms with Gasteiger partial charge in [-0.2, -0.15) is 0 Å². The molecule has 0 radical (unpaired) electrons. The fraction of sp³-hybridized carbons (Fsp3) is 0.476. The van der Waals surface area contributed by atoms with Crippen LogP contribution < -0.4 is 10.6 Å². The number of hydrogen-bond acceptors (Lipinski definition) is 6. The highest BCUT2D eigenvalue weighted by Crippen LogP contribution is 2.30. The van der Waals surface area contributed by atoms with Crippen LogP contribution in [0.15, 0.2) is 40.1 Å². The van der Waals surface area contributed by atoms with Crippen LogP contribution in [0.4, 0.5) is 0 Å². The third kappa shape index (κ3) is 5.17. The number of amides is 1. The molecule has 0 spiro atoms. The first-order valence-corrected chi connectivity index (χ1v) is 10.8. The maximum atomic E-state index is 12.5. The second kappa shape index (κ2) is 8.61. The Balaban J connectivity index is 0.00000256. The number of aromatic amines is 1. The zero-order valence-electron chi connectivity index (χ0n) is 17.6. The molecule has 1 saturated heterocycles. The number of hydrogen-bond donors (Lipinski definition) is 3. The minimum absolute atomic E-state index is 0. The molecule has 1 aliphatic rings. The topological polar surface area (TPSA) is 95.8 Å². The Bertz CT molecular complexity index is 1010. The van der Waals surface area contributed by atoms with Gasteiger partial charge in [-0.15, -0.1) is 22.6 Å². The van der Waals surface area contributed by atoms with Crippen molar-refractivity contribution in [2.45, 2.75) is 62.9 Å². The highest BCUT2D eigenvalue weighted by atomic mass is 35.5. The standard InChI is InChI=1S/C21H27N5O2S.ClH/c1-20(2)9-13(10-21(3,4)26-20)23-17(27)12-29-19-25-24-18(28-19)15-11-22-16-8-6-5-7-14(15)16;/h5-8,11,13,22,26H,9-10,12H2,1-4H3,(H,23,27);1H. The fourth-order valence-electron chi connectivity index (χ4n) is 4.45. The number of piperidine rings is 1. The number of rotatable bonds is 5. The Morgan fingerprint density at radius 1 is 1.20 bits per heavy atom. The van der Waals surface area contributed by atoms with Crippen molar-refractivity contribution < 1.29 is 9.21 Å². The van der Waals surface area contributed by atoms with Crippen molar-refractivity contribution in [3.8, 4) is 11.5 Å². The van der Waals surface area contributed by atoms with E-state index in [9.17, 15) is 4.79 Å². The number of halogens is 1. The van der Waals surface area contributed by atoms with Gasteiger partial charge in [0.15, 0.2) is 0 Å². The van der Waals surface area contributed by atoms with Crippen LogP contribution >= 0.6 is 24.2 Å². The lowest BCUT2D eigenvalue weighted by molar-refractivity contribution is -0.119. The Kier molecular flexibility index (Phi) is 6.50. The first kappa shape index (κ1) is 22.7. The number of nitrogens with one attached hydrogen (secondary N) is 3. The molecule has 3 N–H and O–H groups in total. The number of nitrogens with zero attached hydrogens (tertiary/aromatic N) is 2. The maximum absolute atomic E-state index is 12.5. The molecule has 9 heteroatoms. The van der Waals surface area contributed by atoms with Crippen LogP contribution in [-0.2, 0) is 4.79 Å². The predicted octanol–water partition coefficient (Wildman–Crippen LogP) is 4.16. The molecule has 30 heavy (non-hydrogen) atoms. The monoisotopic (exact) mass is 449 g/mol. The summed E-state index contributed by atoms with van der Waals surface area (Å²) >= 11 is 1.26. The van der Waals surface area contributed by atoms with Crippen molar-refractivity contribution in [3.05, 3.63) is 30.5 Å². The van der Waals surface area contributed by atoms with Gasteiger partial charge in [0.1, 0.15) is 0 Å². The van der Waals surface area contributed by atoms with Gasteiger partial charge < -0.3 is 20.0 Å². The highest BCUT2D eigenvalue weighted by Gasteiger charge is 2.38. The summed E-state index contributed by atoms with van der Waals surface area (Å²) in [5.41, 5.74) is 1.87. The molecule has 0 atom stereocenters. The van der Waals surface area contributed by atoms with E-state index in [1.54, 1.807) is 0 Å². The summed E-state index contributed by atoms with van der Waals surface area (Å²) < 4.78 is 5.77. The zero-order valence-corrected chi connectivity index (χ0v) is 19.2. The van der Waals surface area contributed by atoms with E-state index in [2.05, 4.69) is 53.5 Å². The summed E-state index contributed by atoms with van der Waals surface area (Å²) in [5.74, 6) is 0.688. The lowest BCUT2D eigenvalue weighted by atomic mass is 9.79. The van der Waals surface area contributed by atoms with Crippen LogP contribution in [0.25, 0.3) is 22.4 Å². The highest BCUT2D eigenvalue weighted by molar-refractivity contribution is 7.99. The molecule has 0 aliphatic carbocycles. The molecule has 1 aromatic carbocycles. The molecular weight excluding hydrogens is 422 g/mol. The molecule has 162 valence electrons. The zero-order chi connectivity index (χ0) is 20.6. The van der Waals surface area contributed by atoms with Crippen molar-refractivity contribution in [3.63, 3.8) is 0 Å². The molecule has 0 saturated carbocycles. The number of H-pyrrole nitrogens is 1. The number of carbonyl (C=O) groups excluding carboxylic acids is 1. The van der Waals surface area contributed by atoms with E-state index in [-0.39, 0.29) is 41.2 Å². The van der Waals surface area contributed by atoms with E-state index in [4.69, 9.17) is 4.42 Å². The normalized spacial score (nSPS) is 18.1. The number of carbonyl (C=O) groups is 1. The SMILES string of the molecule is CC1(C)CC(NC(=O)CSc2nnc(-c3c[nH]c4ccccc34)o2)CC(C)(C)N1.Cl. The van der Waals surface area contributed by atoms with Gasteiger partial charge in [0.2, 0.25) is 5.91 Å². The van der Waals surface area contributed by atoms with Crippen LogP contribution in [0, 0.1) is 0 Å². The molecule has 3 heterocycles. The van der Waals surface area contributed by atoms with Crippen LogP contribution in [0.5, 0.6) is 0 Å². The van der Waals surface area contributed by atoms with Crippen molar-refractivity contribution in [2.24, 2.45) is 0 Å². The summed E-state index contributed by atoms with van der Waals surface area (Å²) in [6.45, 7) is 8.69. The van der Waals surface area contributed by atoms with Crippen LogP contribution in [-0.4, -0.2) is 44.0 Å². The van der Waals surface area contributed by atoms with Gasteiger partial charge in [-0.1, -0.05) is 30.0 Å². The van der Waals surface area contributed by atoms with Crippen molar-refractivity contribution >= 4 is 41.0 Å². The van der Waals surface area contributed by atoms with Gasteiger partial charge in [-0.05, 0) is 46.6 Å². The largest absolute Gasteiger partial charge is 0.411 e. The molecule has 1 aliphatic heterocycles. The van der Waals surface area contributed by atoms with Crippen molar-refractivity contribution in [1.82, 2.24) is 25.8 Å². The lowest BCUT2D eigenvalue weighted by Crippen LogP contribution is -2.62. The summed E-state index contributed by atoms with van der Waals surface area (Å²) in [7, 11) is 0. The number of fused-ring (bicyclic) bond motifs is 1. The average molecular weight is 450 g/mol. The number of benzene rings is 1. The van der Waals surface area contributed by atoms with E-state index in [1.807, 2.05) is 30.5 Å². The van der Waals surface area contributed by atoms with Gasteiger partial charge in [-0.3, -0.25) is 4.79 Å². The first-order valence-electron chi connectivity index (χ1n) is 9.82. The Hall–Kier alpha value is -2.03. The molecule has 4 rings (SSSR count). The minimum atomic E-state index is -0.0136. The molecule has 0 bridgehead atoms. The number of para-hydroxylation sites is 1. The number of aromatic nitrogens is 3. The van der Waals surface area contributed by atoms with E-state index >= 15 is 0 Å². The lowest BCUT2D eigenvalue weighted by Gasteiger charge is -2.46. The Morgan fingerprint density at radius 2 is 1.90 bits per heavy atom. The van der Waals surface area contributed by atoms with Gasteiger partial charge in [0, 0.05) is 34.2 Å². The smallest absolute Gasteiger partial charge is 0.277 e. The summed E-state index contributed by atoms with van der Waals surface area (Å²) in [4.78, 5) is 15.7. The predicted molar refractivity (Wildman–Crippen MR) is 122 cm³/mol. The van der Waals surface area contributed by atoms with Crippen LogP contribution in [0.2, 0.25) is 0 Å². The van der Waals surface area contributed by atoms with Gasteiger partial charge in [-0.25, -0.2) is 0 Å².